The van der Waals surface area contributed by atoms with Gasteiger partial charge in [-0.2, -0.15) is 5.26 Å². The highest BCUT2D eigenvalue weighted by Gasteiger charge is 2.03. The van der Waals surface area contributed by atoms with Gasteiger partial charge in [0.2, 0.25) is 0 Å². The van der Waals surface area contributed by atoms with Crippen LogP contribution in [0.1, 0.15) is 5.56 Å². The summed E-state index contributed by atoms with van der Waals surface area (Å²) in [5.74, 6) is 0. The molecule has 0 aromatic heterocycles. The van der Waals surface area contributed by atoms with Gasteiger partial charge in [-0.3, -0.25) is 0 Å². The van der Waals surface area contributed by atoms with E-state index in [1.54, 1.807) is 0 Å². The number of benzene rings is 1. The third kappa shape index (κ3) is 2.35. The van der Waals surface area contributed by atoms with Crippen molar-refractivity contribution in [1.82, 2.24) is 0 Å². The van der Waals surface area contributed by atoms with Crippen molar-refractivity contribution in [2.45, 2.75) is 6.42 Å². The first-order valence-electron chi connectivity index (χ1n) is 3.15. The van der Waals surface area contributed by atoms with E-state index in [4.69, 9.17) is 16.9 Å². The van der Waals surface area contributed by atoms with Gasteiger partial charge in [0.25, 0.3) is 0 Å². The molecule has 0 aliphatic rings. The largest absolute Gasteiger partial charge is 0.198 e. The van der Waals surface area contributed by atoms with Gasteiger partial charge in [-0.25, -0.2) is 0 Å². The number of hydrogen-bond acceptors (Lipinski definition) is 1. The molecule has 0 radical (unpaired) electrons. The predicted octanol–water partition coefficient (Wildman–Crippen LogP) is 3.77. The van der Waals surface area contributed by atoms with Crippen molar-refractivity contribution < 1.29 is 0 Å². The van der Waals surface area contributed by atoms with E-state index in [2.05, 4.69) is 44.6 Å². The Labute approximate surface area is 98.0 Å². The van der Waals surface area contributed by atoms with Gasteiger partial charge in [-0.1, -0.05) is 11.6 Å². The minimum atomic E-state index is 0.425. The molecule has 1 aromatic rings. The summed E-state index contributed by atoms with van der Waals surface area (Å²) in [6.45, 7) is 0. The van der Waals surface area contributed by atoms with E-state index in [-0.39, 0.29) is 0 Å². The van der Waals surface area contributed by atoms with Crippen molar-refractivity contribution in [1.29, 1.82) is 5.26 Å². The smallest absolute Gasteiger partial charge is 0.0670 e. The molecule has 0 saturated heterocycles. The van der Waals surface area contributed by atoms with Crippen LogP contribution in [0.3, 0.4) is 0 Å². The summed E-state index contributed by atoms with van der Waals surface area (Å²) in [7, 11) is 0. The zero-order valence-electron chi connectivity index (χ0n) is 5.94. The molecule has 0 fully saturated rings. The van der Waals surface area contributed by atoms with Gasteiger partial charge < -0.3 is 0 Å². The van der Waals surface area contributed by atoms with E-state index < -0.39 is 0 Å². The molecular weight excluding hydrogens is 352 g/mol. The number of rotatable bonds is 1. The van der Waals surface area contributed by atoms with Crippen LogP contribution in [0.4, 0.5) is 0 Å². The molecule has 12 heavy (non-hydrogen) atoms. The van der Waals surface area contributed by atoms with Crippen LogP contribution in [0.5, 0.6) is 0 Å². The molecule has 1 nitrogen and oxygen atoms in total. The lowest BCUT2D eigenvalue weighted by molar-refractivity contribution is 1.24. The number of nitrogens with zero attached hydrogens (tertiary/aromatic N) is 1. The molecular formula is C8H4BrClIN. The van der Waals surface area contributed by atoms with Gasteiger partial charge in [-0.15, -0.1) is 0 Å². The van der Waals surface area contributed by atoms with Crippen molar-refractivity contribution in [3.8, 4) is 6.07 Å². The minimum absolute atomic E-state index is 0.425. The van der Waals surface area contributed by atoms with Gasteiger partial charge in [0.05, 0.1) is 17.5 Å². The first-order valence-corrected chi connectivity index (χ1v) is 5.40. The second-order valence-electron chi connectivity index (χ2n) is 2.19. The molecule has 0 saturated carbocycles. The summed E-state index contributed by atoms with van der Waals surface area (Å²) in [6, 6.07) is 5.83. The van der Waals surface area contributed by atoms with E-state index in [0.717, 1.165) is 13.6 Å². The Morgan fingerprint density at radius 1 is 1.58 bits per heavy atom. The zero-order valence-corrected chi connectivity index (χ0v) is 10.4. The second kappa shape index (κ2) is 4.45. The van der Waals surface area contributed by atoms with Crippen LogP contribution < -0.4 is 0 Å². The van der Waals surface area contributed by atoms with E-state index in [1.165, 1.54) is 0 Å². The van der Waals surface area contributed by atoms with Crippen LogP contribution in [0.2, 0.25) is 5.02 Å². The van der Waals surface area contributed by atoms with Crippen LogP contribution in [0.15, 0.2) is 16.6 Å². The fraction of sp³-hybridized carbons (Fsp3) is 0.125. The average molecular weight is 356 g/mol. The maximum absolute atomic E-state index is 8.50. The van der Waals surface area contributed by atoms with E-state index in [1.807, 2.05) is 12.1 Å². The van der Waals surface area contributed by atoms with Crippen molar-refractivity contribution in [2.24, 2.45) is 0 Å². The third-order valence-electron chi connectivity index (χ3n) is 1.36. The number of halogens is 3. The summed E-state index contributed by atoms with van der Waals surface area (Å²) in [4.78, 5) is 0. The monoisotopic (exact) mass is 355 g/mol. The van der Waals surface area contributed by atoms with Crippen molar-refractivity contribution in [3.63, 3.8) is 0 Å². The second-order valence-corrected chi connectivity index (χ2v) is 4.62. The van der Waals surface area contributed by atoms with E-state index in [0.29, 0.717) is 11.4 Å². The molecule has 1 aromatic carbocycles. The molecule has 0 heterocycles. The Balaban J connectivity index is 3.16. The molecule has 0 N–H and O–H groups in total. The molecule has 1 rings (SSSR count). The maximum atomic E-state index is 8.50. The number of nitriles is 1. The lowest BCUT2D eigenvalue weighted by Crippen LogP contribution is -1.87. The van der Waals surface area contributed by atoms with Crippen molar-refractivity contribution in [3.05, 3.63) is 30.8 Å². The summed E-state index contributed by atoms with van der Waals surface area (Å²) >= 11 is 11.3. The van der Waals surface area contributed by atoms with E-state index in [9.17, 15) is 0 Å². The van der Waals surface area contributed by atoms with Crippen molar-refractivity contribution in [2.75, 3.05) is 0 Å². The maximum Gasteiger partial charge on any atom is 0.0670 e. The molecule has 0 unspecified atom stereocenters. The minimum Gasteiger partial charge on any atom is -0.198 e. The third-order valence-corrected chi connectivity index (χ3v) is 3.56. The summed E-state index contributed by atoms with van der Waals surface area (Å²) in [5.41, 5.74) is 1.01. The fourth-order valence-electron chi connectivity index (χ4n) is 0.784. The van der Waals surface area contributed by atoms with E-state index >= 15 is 0 Å². The topological polar surface area (TPSA) is 23.8 Å². The Bertz CT molecular complexity index is 346. The lowest BCUT2D eigenvalue weighted by Gasteiger charge is -2.02. The molecule has 0 aliphatic carbocycles. The summed E-state index contributed by atoms with van der Waals surface area (Å²) < 4.78 is 1.87. The van der Waals surface area contributed by atoms with Gasteiger partial charge in [0.1, 0.15) is 0 Å². The van der Waals surface area contributed by atoms with Gasteiger partial charge in [0.15, 0.2) is 0 Å². The quantitative estimate of drug-likeness (QED) is 0.555. The van der Waals surface area contributed by atoms with Crippen molar-refractivity contribution >= 4 is 50.1 Å². The molecule has 0 atom stereocenters. The Morgan fingerprint density at radius 2 is 2.25 bits per heavy atom. The average Bonchev–Trinajstić information content (AvgIpc) is 2.01. The molecule has 0 aliphatic heterocycles. The molecule has 0 amide bonds. The molecule has 0 bridgehead atoms. The molecule has 4 heteroatoms. The highest BCUT2D eigenvalue weighted by molar-refractivity contribution is 14.1. The van der Waals surface area contributed by atoms with Crippen LogP contribution in [-0.4, -0.2) is 0 Å². The van der Waals surface area contributed by atoms with Gasteiger partial charge in [-0.05, 0) is 56.2 Å². The Hall–Kier alpha value is 0.210. The number of hydrogen-bond donors (Lipinski definition) is 0. The van der Waals surface area contributed by atoms with Crippen LogP contribution in [-0.2, 0) is 6.42 Å². The zero-order chi connectivity index (χ0) is 9.14. The first-order chi connectivity index (χ1) is 5.65. The van der Waals surface area contributed by atoms with Crippen LogP contribution in [0.25, 0.3) is 0 Å². The predicted molar refractivity (Wildman–Crippen MR) is 61.2 cm³/mol. The molecule has 0 spiro atoms. The normalized spacial score (nSPS) is 9.50. The Kier molecular flexibility index (Phi) is 3.81. The highest BCUT2D eigenvalue weighted by Crippen LogP contribution is 2.27. The lowest BCUT2D eigenvalue weighted by atomic mass is 10.2. The SMILES string of the molecule is N#CCc1cc(Br)c(Cl)cc1I. The first kappa shape index (κ1) is 10.3. The Morgan fingerprint density at radius 3 is 2.83 bits per heavy atom. The standard InChI is InChI=1S/C8H4BrClIN/c9-6-3-5(1-2-12)8(11)4-7(6)10/h3-4H,1H2. The van der Waals surface area contributed by atoms with Crippen LogP contribution >= 0.6 is 50.1 Å². The summed E-state index contributed by atoms with van der Waals surface area (Å²) in [5, 5.41) is 9.18. The van der Waals surface area contributed by atoms with Gasteiger partial charge >= 0.3 is 0 Å². The fourth-order valence-corrected chi connectivity index (χ4v) is 2.18. The highest BCUT2D eigenvalue weighted by atomic mass is 127. The van der Waals surface area contributed by atoms with Crippen LogP contribution in [0, 0.1) is 14.9 Å². The summed E-state index contributed by atoms with van der Waals surface area (Å²) in [6.07, 6.45) is 0.425. The molecule has 62 valence electrons. The van der Waals surface area contributed by atoms with Gasteiger partial charge in [0, 0.05) is 8.04 Å².